The van der Waals surface area contributed by atoms with Crippen molar-refractivity contribution in [3.8, 4) is 0 Å². The molecule has 0 aromatic heterocycles. The van der Waals surface area contributed by atoms with Crippen molar-refractivity contribution in [1.82, 2.24) is 0 Å². The summed E-state index contributed by atoms with van der Waals surface area (Å²) in [6.45, 7) is 11.0. The minimum atomic E-state index is -1.01. The van der Waals surface area contributed by atoms with Gasteiger partial charge in [0, 0.05) is 0 Å². The van der Waals surface area contributed by atoms with Crippen LogP contribution in [0.5, 0.6) is 0 Å². The number of aliphatic hydroxyl groups is 2. The topological polar surface area (TPSA) is 40.5 Å². The van der Waals surface area contributed by atoms with E-state index in [1.807, 2.05) is 12.2 Å². The molecule has 0 aliphatic rings. The zero-order chi connectivity index (χ0) is 16.9. The van der Waals surface area contributed by atoms with Crippen LogP contribution in [0, 0.1) is 0 Å². The average Bonchev–Trinajstić information content (AvgIpc) is 2.45. The van der Waals surface area contributed by atoms with Crippen LogP contribution in [0.1, 0.15) is 90.9 Å². The molecule has 0 aliphatic heterocycles. The van der Waals surface area contributed by atoms with Gasteiger partial charge in [0.2, 0.25) is 0 Å². The molecule has 130 valence electrons. The molecule has 0 aliphatic carbocycles. The summed E-state index contributed by atoms with van der Waals surface area (Å²) in [7, 11) is 0. The fraction of sp³-hybridized carbons (Fsp3) is 0.800. The summed E-state index contributed by atoms with van der Waals surface area (Å²) < 4.78 is 0. The molecule has 0 heterocycles. The van der Waals surface area contributed by atoms with Crippen LogP contribution in [0.2, 0.25) is 0 Å². The van der Waals surface area contributed by atoms with Gasteiger partial charge in [-0.1, -0.05) is 50.7 Å². The van der Waals surface area contributed by atoms with E-state index in [-0.39, 0.29) is 0 Å². The highest BCUT2D eigenvalue weighted by Crippen LogP contribution is 2.32. The molecular formula is C20H38O2. The lowest BCUT2D eigenvalue weighted by atomic mass is 9.78. The minimum Gasteiger partial charge on any atom is -0.387 e. The van der Waals surface area contributed by atoms with Gasteiger partial charge in [0.25, 0.3) is 0 Å². The zero-order valence-electron chi connectivity index (χ0n) is 14.9. The number of hydrogen-bond acceptors (Lipinski definition) is 2. The Balaban J connectivity index is 3.77. The predicted molar refractivity (Wildman–Crippen MR) is 97.0 cm³/mol. The third kappa shape index (κ3) is 9.42. The van der Waals surface area contributed by atoms with E-state index in [2.05, 4.69) is 13.2 Å². The maximum atomic E-state index is 10.6. The Morgan fingerprint density at radius 3 is 1.50 bits per heavy atom. The second kappa shape index (κ2) is 11.9. The molecule has 0 bridgehead atoms. The summed E-state index contributed by atoms with van der Waals surface area (Å²) in [5, 5.41) is 21.1. The lowest BCUT2D eigenvalue weighted by Crippen LogP contribution is -2.49. The van der Waals surface area contributed by atoms with Crippen molar-refractivity contribution in [2.24, 2.45) is 0 Å². The summed E-state index contributed by atoms with van der Waals surface area (Å²) in [4.78, 5) is 0. The van der Waals surface area contributed by atoms with E-state index in [0.717, 1.165) is 32.1 Å². The third-order valence-corrected chi connectivity index (χ3v) is 4.80. The summed E-state index contributed by atoms with van der Waals surface area (Å²) >= 11 is 0. The second-order valence-electron chi connectivity index (χ2n) is 7.03. The van der Waals surface area contributed by atoms with E-state index in [0.29, 0.717) is 12.8 Å². The van der Waals surface area contributed by atoms with Crippen LogP contribution in [-0.2, 0) is 0 Å². The molecule has 0 radical (unpaired) electrons. The van der Waals surface area contributed by atoms with E-state index >= 15 is 0 Å². The Hall–Kier alpha value is -0.600. The molecule has 0 spiro atoms. The molecule has 0 aromatic carbocycles. The first kappa shape index (κ1) is 21.4. The fourth-order valence-corrected chi connectivity index (χ4v) is 2.77. The standard InChI is InChI=1S/C20H38O2/c1-5-7-9-10-11-12-13-14-16-18-20(4,22)19(3,21)17-15-8-6-2/h5-6,21-22H,1-2,7-18H2,3-4H3/t19-,20-/m1/s1. The molecule has 2 N–H and O–H groups in total. The van der Waals surface area contributed by atoms with Crippen LogP contribution < -0.4 is 0 Å². The van der Waals surface area contributed by atoms with Crippen molar-refractivity contribution < 1.29 is 10.2 Å². The monoisotopic (exact) mass is 310 g/mol. The summed E-state index contributed by atoms with van der Waals surface area (Å²) in [5.74, 6) is 0. The van der Waals surface area contributed by atoms with Crippen LogP contribution in [0.3, 0.4) is 0 Å². The van der Waals surface area contributed by atoms with Crippen LogP contribution in [0.4, 0.5) is 0 Å². The van der Waals surface area contributed by atoms with Gasteiger partial charge in [-0.15, -0.1) is 13.2 Å². The number of rotatable bonds is 15. The van der Waals surface area contributed by atoms with Crippen molar-refractivity contribution in [2.75, 3.05) is 0 Å². The highest BCUT2D eigenvalue weighted by atomic mass is 16.4. The van der Waals surface area contributed by atoms with Gasteiger partial charge in [-0.3, -0.25) is 0 Å². The molecule has 2 heteroatoms. The first-order valence-corrected chi connectivity index (χ1v) is 9.04. The zero-order valence-corrected chi connectivity index (χ0v) is 14.9. The van der Waals surface area contributed by atoms with E-state index in [4.69, 9.17) is 0 Å². The lowest BCUT2D eigenvalue weighted by molar-refractivity contribution is -0.140. The van der Waals surface area contributed by atoms with Crippen LogP contribution >= 0.6 is 0 Å². The number of unbranched alkanes of at least 4 members (excludes halogenated alkanes) is 8. The molecule has 0 unspecified atom stereocenters. The predicted octanol–water partition coefficient (Wildman–Crippen LogP) is 5.54. The summed E-state index contributed by atoms with van der Waals surface area (Å²) in [6.07, 6.45) is 16.5. The maximum absolute atomic E-state index is 10.6. The van der Waals surface area contributed by atoms with Crippen LogP contribution in [0.15, 0.2) is 25.3 Å². The van der Waals surface area contributed by atoms with Crippen LogP contribution in [0.25, 0.3) is 0 Å². The Morgan fingerprint density at radius 2 is 1.00 bits per heavy atom. The molecule has 2 atom stereocenters. The molecule has 0 aromatic rings. The van der Waals surface area contributed by atoms with Gasteiger partial charge >= 0.3 is 0 Å². The smallest absolute Gasteiger partial charge is 0.0902 e. The van der Waals surface area contributed by atoms with Crippen molar-refractivity contribution in [2.45, 2.75) is 102 Å². The Labute approximate surface area is 138 Å². The van der Waals surface area contributed by atoms with E-state index in [1.54, 1.807) is 13.8 Å². The highest BCUT2D eigenvalue weighted by molar-refractivity contribution is 4.93. The van der Waals surface area contributed by atoms with Gasteiger partial charge < -0.3 is 10.2 Å². The molecule has 0 rings (SSSR count). The van der Waals surface area contributed by atoms with E-state index in [1.165, 1.54) is 32.1 Å². The SMILES string of the molecule is C=CCCCCCCCCC[C@@](C)(O)[C@](C)(O)CCCC=C. The van der Waals surface area contributed by atoms with Gasteiger partial charge in [-0.2, -0.15) is 0 Å². The van der Waals surface area contributed by atoms with Crippen molar-refractivity contribution in [3.63, 3.8) is 0 Å². The van der Waals surface area contributed by atoms with Gasteiger partial charge in [0.1, 0.15) is 0 Å². The van der Waals surface area contributed by atoms with Gasteiger partial charge in [0.05, 0.1) is 11.2 Å². The van der Waals surface area contributed by atoms with Gasteiger partial charge in [0.15, 0.2) is 0 Å². The largest absolute Gasteiger partial charge is 0.387 e. The quantitative estimate of drug-likeness (QED) is 0.308. The van der Waals surface area contributed by atoms with Gasteiger partial charge in [-0.05, 0) is 52.4 Å². The number of allylic oxidation sites excluding steroid dienone is 2. The first-order valence-electron chi connectivity index (χ1n) is 9.04. The second-order valence-corrected chi connectivity index (χ2v) is 7.03. The molecular weight excluding hydrogens is 272 g/mol. The van der Waals surface area contributed by atoms with Crippen molar-refractivity contribution in [1.29, 1.82) is 0 Å². The Morgan fingerprint density at radius 1 is 0.636 bits per heavy atom. The van der Waals surface area contributed by atoms with Gasteiger partial charge in [-0.25, -0.2) is 0 Å². The van der Waals surface area contributed by atoms with E-state index < -0.39 is 11.2 Å². The minimum absolute atomic E-state index is 0.620. The lowest BCUT2D eigenvalue weighted by Gasteiger charge is -2.39. The van der Waals surface area contributed by atoms with Crippen molar-refractivity contribution in [3.05, 3.63) is 25.3 Å². The molecule has 0 saturated carbocycles. The molecule has 0 fully saturated rings. The summed E-state index contributed by atoms with van der Waals surface area (Å²) in [5.41, 5.74) is -2.02. The fourth-order valence-electron chi connectivity index (χ4n) is 2.77. The molecule has 0 amide bonds. The highest BCUT2D eigenvalue weighted by Gasteiger charge is 2.40. The normalized spacial score (nSPS) is 16.7. The summed E-state index contributed by atoms with van der Waals surface area (Å²) in [6, 6.07) is 0. The molecule has 2 nitrogen and oxygen atoms in total. The molecule has 0 saturated heterocycles. The number of hydrogen-bond donors (Lipinski definition) is 2. The van der Waals surface area contributed by atoms with Crippen LogP contribution in [-0.4, -0.2) is 21.4 Å². The maximum Gasteiger partial charge on any atom is 0.0902 e. The Kier molecular flexibility index (Phi) is 11.6. The third-order valence-electron chi connectivity index (χ3n) is 4.80. The average molecular weight is 311 g/mol. The van der Waals surface area contributed by atoms with Crippen molar-refractivity contribution >= 4 is 0 Å². The van der Waals surface area contributed by atoms with E-state index in [9.17, 15) is 10.2 Å². The molecule has 22 heavy (non-hydrogen) atoms. The Bertz CT molecular complexity index is 292. The first-order chi connectivity index (χ1) is 10.4.